The second-order valence-corrected chi connectivity index (χ2v) is 9.47. The van der Waals surface area contributed by atoms with Crippen molar-refractivity contribution >= 4 is 33.2 Å². The standard InChI is InChI=1S/C20H19ClF4N2O4S/c1-32(29,30)26-19(28)15-9-16(21)18(10-17(15)22)31-11-14-3-2-8-27(14)13-6-4-12(5-7-13)20(23,24)25/h4-7,9-10,14H,2-3,8,11H2,1H3,(H,26,28). The summed E-state index contributed by atoms with van der Waals surface area (Å²) in [5.74, 6) is -2.22. The Kier molecular flexibility index (Phi) is 6.89. The lowest BCUT2D eigenvalue weighted by Crippen LogP contribution is -2.34. The fourth-order valence-electron chi connectivity index (χ4n) is 3.41. The van der Waals surface area contributed by atoms with Gasteiger partial charge in [0.25, 0.3) is 5.91 Å². The monoisotopic (exact) mass is 494 g/mol. The Morgan fingerprint density at radius 3 is 2.50 bits per heavy atom. The number of hydrogen-bond acceptors (Lipinski definition) is 5. The Labute approximate surface area is 187 Å². The molecule has 1 fully saturated rings. The number of rotatable bonds is 6. The van der Waals surface area contributed by atoms with Gasteiger partial charge in [-0.3, -0.25) is 4.79 Å². The number of nitrogens with zero attached hydrogens (tertiary/aromatic N) is 1. The average Bonchev–Trinajstić information content (AvgIpc) is 3.15. The molecule has 0 spiro atoms. The molecule has 3 rings (SSSR count). The second-order valence-electron chi connectivity index (χ2n) is 7.31. The van der Waals surface area contributed by atoms with Crippen LogP contribution in [-0.2, 0) is 16.2 Å². The zero-order chi connectivity index (χ0) is 23.7. The number of sulfonamides is 1. The third-order valence-corrected chi connectivity index (χ3v) is 5.73. The topological polar surface area (TPSA) is 75.7 Å². The van der Waals surface area contributed by atoms with Crippen LogP contribution in [0.5, 0.6) is 5.75 Å². The first-order chi connectivity index (χ1) is 14.8. The first-order valence-corrected chi connectivity index (χ1v) is 11.7. The molecular weight excluding hydrogens is 476 g/mol. The Hall–Kier alpha value is -2.53. The minimum Gasteiger partial charge on any atom is -0.490 e. The summed E-state index contributed by atoms with van der Waals surface area (Å²) in [7, 11) is -3.88. The maximum atomic E-state index is 14.3. The normalized spacial score (nSPS) is 16.8. The van der Waals surface area contributed by atoms with Crippen LogP contribution in [0.25, 0.3) is 0 Å². The van der Waals surface area contributed by atoms with E-state index in [0.717, 1.165) is 36.9 Å². The molecule has 1 unspecified atom stereocenters. The van der Waals surface area contributed by atoms with Crippen LogP contribution in [0.4, 0.5) is 23.2 Å². The molecule has 0 radical (unpaired) electrons. The lowest BCUT2D eigenvalue weighted by Gasteiger charge is -2.27. The van der Waals surface area contributed by atoms with E-state index < -0.39 is 39.1 Å². The number of nitrogens with one attached hydrogen (secondary N) is 1. The van der Waals surface area contributed by atoms with Crippen molar-refractivity contribution in [1.82, 2.24) is 4.72 Å². The van der Waals surface area contributed by atoms with Crippen LogP contribution in [0.2, 0.25) is 5.02 Å². The number of anilines is 1. The predicted octanol–water partition coefficient (Wildman–Crippen LogP) is 4.24. The second kappa shape index (κ2) is 9.14. The summed E-state index contributed by atoms with van der Waals surface area (Å²) in [6.07, 6.45) is -2.17. The smallest absolute Gasteiger partial charge is 0.416 e. The fourth-order valence-corrected chi connectivity index (χ4v) is 4.08. The van der Waals surface area contributed by atoms with Gasteiger partial charge in [0.05, 0.1) is 28.4 Å². The zero-order valence-electron chi connectivity index (χ0n) is 16.7. The Morgan fingerprint density at radius 2 is 1.91 bits per heavy atom. The molecule has 0 aliphatic carbocycles. The molecule has 1 saturated heterocycles. The van der Waals surface area contributed by atoms with E-state index in [9.17, 15) is 30.8 Å². The van der Waals surface area contributed by atoms with Gasteiger partial charge in [-0.2, -0.15) is 13.2 Å². The van der Waals surface area contributed by atoms with Crippen molar-refractivity contribution < 1.29 is 35.5 Å². The van der Waals surface area contributed by atoms with E-state index in [-0.39, 0.29) is 23.4 Å². The number of carbonyl (C=O) groups excluding carboxylic acids is 1. The van der Waals surface area contributed by atoms with E-state index in [1.165, 1.54) is 12.1 Å². The summed E-state index contributed by atoms with van der Waals surface area (Å²) < 4.78 is 82.3. The van der Waals surface area contributed by atoms with Gasteiger partial charge in [0, 0.05) is 18.3 Å². The molecule has 32 heavy (non-hydrogen) atoms. The first-order valence-electron chi connectivity index (χ1n) is 9.43. The van der Waals surface area contributed by atoms with Crippen molar-refractivity contribution in [3.8, 4) is 5.75 Å². The number of amides is 1. The van der Waals surface area contributed by atoms with E-state index in [2.05, 4.69) is 0 Å². The van der Waals surface area contributed by atoms with Gasteiger partial charge >= 0.3 is 6.18 Å². The quantitative estimate of drug-likeness (QED) is 0.608. The van der Waals surface area contributed by atoms with E-state index in [1.54, 1.807) is 4.72 Å². The van der Waals surface area contributed by atoms with Gasteiger partial charge in [-0.1, -0.05) is 11.6 Å². The molecule has 1 aliphatic heterocycles. The summed E-state index contributed by atoms with van der Waals surface area (Å²) in [5.41, 5.74) is -0.690. The minimum atomic E-state index is -4.42. The number of carbonyl (C=O) groups is 1. The molecule has 174 valence electrons. The molecular formula is C20H19ClF4N2O4S. The minimum absolute atomic E-state index is 0.0423. The van der Waals surface area contributed by atoms with Crippen molar-refractivity contribution in [1.29, 1.82) is 0 Å². The predicted molar refractivity (Wildman–Crippen MR) is 111 cm³/mol. The van der Waals surface area contributed by atoms with Crippen LogP contribution in [0.15, 0.2) is 36.4 Å². The Bertz CT molecular complexity index is 1110. The highest BCUT2D eigenvalue weighted by atomic mass is 35.5. The lowest BCUT2D eigenvalue weighted by atomic mass is 10.1. The van der Waals surface area contributed by atoms with Crippen LogP contribution in [0.3, 0.4) is 0 Å². The average molecular weight is 495 g/mol. The van der Waals surface area contributed by atoms with Crippen LogP contribution in [0.1, 0.15) is 28.8 Å². The van der Waals surface area contributed by atoms with Gasteiger partial charge in [-0.25, -0.2) is 17.5 Å². The summed E-state index contributed by atoms with van der Waals surface area (Å²) in [6, 6.07) is 6.48. The number of alkyl halides is 3. The molecule has 0 aromatic heterocycles. The number of ether oxygens (including phenoxy) is 1. The highest BCUT2D eigenvalue weighted by Gasteiger charge is 2.31. The summed E-state index contributed by atoms with van der Waals surface area (Å²) >= 11 is 6.07. The third-order valence-electron chi connectivity index (χ3n) is 4.88. The van der Waals surface area contributed by atoms with Gasteiger partial charge in [0.15, 0.2) is 0 Å². The summed E-state index contributed by atoms with van der Waals surface area (Å²) in [6.45, 7) is 0.696. The molecule has 2 aromatic carbocycles. The van der Waals surface area contributed by atoms with E-state index >= 15 is 0 Å². The molecule has 1 heterocycles. The van der Waals surface area contributed by atoms with E-state index in [4.69, 9.17) is 16.3 Å². The van der Waals surface area contributed by atoms with Crippen LogP contribution in [-0.4, -0.2) is 39.8 Å². The highest BCUT2D eigenvalue weighted by Crippen LogP contribution is 2.33. The molecule has 1 N–H and O–H groups in total. The molecule has 0 saturated carbocycles. The first kappa shape index (κ1) is 24.1. The maximum Gasteiger partial charge on any atom is 0.416 e. The zero-order valence-corrected chi connectivity index (χ0v) is 18.3. The molecule has 1 aliphatic rings. The Morgan fingerprint density at radius 1 is 1.25 bits per heavy atom. The van der Waals surface area contributed by atoms with Crippen molar-refractivity contribution in [3.63, 3.8) is 0 Å². The summed E-state index contributed by atoms with van der Waals surface area (Å²) in [4.78, 5) is 13.8. The van der Waals surface area contributed by atoms with Gasteiger partial charge < -0.3 is 9.64 Å². The number of benzene rings is 2. The lowest BCUT2D eigenvalue weighted by molar-refractivity contribution is -0.137. The van der Waals surface area contributed by atoms with E-state index in [0.29, 0.717) is 18.7 Å². The van der Waals surface area contributed by atoms with Crippen molar-refractivity contribution in [2.45, 2.75) is 25.1 Å². The van der Waals surface area contributed by atoms with Crippen molar-refractivity contribution in [2.24, 2.45) is 0 Å². The third kappa shape index (κ3) is 5.83. The Balaban J connectivity index is 1.70. The molecule has 1 amide bonds. The van der Waals surface area contributed by atoms with Crippen LogP contribution in [0, 0.1) is 5.82 Å². The molecule has 1 atom stereocenters. The van der Waals surface area contributed by atoms with Gasteiger partial charge in [0.2, 0.25) is 10.0 Å². The van der Waals surface area contributed by atoms with Crippen LogP contribution >= 0.6 is 11.6 Å². The highest BCUT2D eigenvalue weighted by molar-refractivity contribution is 7.89. The van der Waals surface area contributed by atoms with E-state index in [1.807, 2.05) is 4.90 Å². The molecule has 6 nitrogen and oxygen atoms in total. The van der Waals surface area contributed by atoms with Crippen LogP contribution < -0.4 is 14.4 Å². The SMILES string of the molecule is CS(=O)(=O)NC(=O)c1cc(Cl)c(OCC2CCCN2c2ccc(C(F)(F)F)cc2)cc1F. The van der Waals surface area contributed by atoms with Gasteiger partial charge in [-0.05, 0) is 43.2 Å². The fraction of sp³-hybridized carbons (Fsp3) is 0.350. The van der Waals surface area contributed by atoms with Gasteiger partial charge in [0.1, 0.15) is 18.2 Å². The van der Waals surface area contributed by atoms with Crippen molar-refractivity contribution in [2.75, 3.05) is 24.3 Å². The largest absolute Gasteiger partial charge is 0.490 e. The molecule has 12 heteroatoms. The molecule has 0 bridgehead atoms. The number of halogens is 5. The van der Waals surface area contributed by atoms with Gasteiger partial charge in [-0.15, -0.1) is 0 Å². The maximum absolute atomic E-state index is 14.3. The summed E-state index contributed by atoms with van der Waals surface area (Å²) in [5, 5.41) is -0.0934. The number of hydrogen-bond donors (Lipinski definition) is 1. The molecule has 2 aromatic rings. The van der Waals surface area contributed by atoms with Crippen molar-refractivity contribution in [3.05, 3.63) is 58.4 Å².